The van der Waals surface area contributed by atoms with E-state index in [4.69, 9.17) is 0 Å². The van der Waals surface area contributed by atoms with Crippen LogP contribution in [-0.2, 0) is 9.59 Å². The second kappa shape index (κ2) is 6.15. The number of hydrogen-bond acceptors (Lipinski definition) is 2. The van der Waals surface area contributed by atoms with Gasteiger partial charge in [0.1, 0.15) is 5.54 Å². The van der Waals surface area contributed by atoms with Gasteiger partial charge in [0, 0.05) is 19.0 Å². The van der Waals surface area contributed by atoms with Crippen LogP contribution in [-0.4, -0.2) is 34.8 Å². The first-order chi connectivity index (χ1) is 9.52. The lowest BCUT2D eigenvalue weighted by molar-refractivity contribution is -0.142. The van der Waals surface area contributed by atoms with E-state index in [0.29, 0.717) is 37.8 Å². The van der Waals surface area contributed by atoms with Gasteiger partial charge in [-0.15, -0.1) is 0 Å². The second-order valence-electron chi connectivity index (χ2n) is 6.51. The van der Waals surface area contributed by atoms with Crippen molar-refractivity contribution in [1.82, 2.24) is 10.2 Å². The Bertz CT molecular complexity index is 377. The zero-order valence-electron chi connectivity index (χ0n) is 13.1. The molecule has 2 unspecified atom stereocenters. The molecule has 0 aromatic heterocycles. The summed E-state index contributed by atoms with van der Waals surface area (Å²) in [4.78, 5) is 27.0. The molecule has 2 aliphatic rings. The fourth-order valence-corrected chi connectivity index (χ4v) is 3.74. The summed E-state index contributed by atoms with van der Waals surface area (Å²) in [6, 6.07) is 0.330. The number of carbonyl (C=O) groups excluding carboxylic acids is 2. The zero-order valence-corrected chi connectivity index (χ0v) is 13.1. The van der Waals surface area contributed by atoms with Crippen molar-refractivity contribution in [3.05, 3.63) is 0 Å². The van der Waals surface area contributed by atoms with Gasteiger partial charge in [-0.25, -0.2) is 0 Å². The van der Waals surface area contributed by atoms with Gasteiger partial charge in [0.25, 0.3) is 0 Å². The van der Waals surface area contributed by atoms with E-state index in [9.17, 15) is 9.59 Å². The predicted octanol–water partition coefficient (Wildman–Crippen LogP) is 2.47. The van der Waals surface area contributed by atoms with Gasteiger partial charge in [-0.05, 0) is 31.6 Å². The summed E-state index contributed by atoms with van der Waals surface area (Å²) in [6.07, 6.45) is 6.43. The van der Waals surface area contributed by atoms with Gasteiger partial charge >= 0.3 is 0 Å². The van der Waals surface area contributed by atoms with Gasteiger partial charge in [0.05, 0.1) is 0 Å². The molecule has 114 valence electrons. The molecule has 1 N–H and O–H groups in total. The Labute approximate surface area is 122 Å². The average molecular weight is 280 g/mol. The Balaban J connectivity index is 2.23. The van der Waals surface area contributed by atoms with Crippen molar-refractivity contribution in [2.45, 2.75) is 77.3 Å². The van der Waals surface area contributed by atoms with Crippen LogP contribution in [0.4, 0.5) is 0 Å². The van der Waals surface area contributed by atoms with Crippen LogP contribution in [0.1, 0.15) is 65.7 Å². The number of rotatable bonds is 3. The van der Waals surface area contributed by atoms with E-state index < -0.39 is 5.54 Å². The molecule has 1 aliphatic carbocycles. The molecule has 2 rings (SSSR count). The minimum absolute atomic E-state index is 0.0217. The van der Waals surface area contributed by atoms with Crippen LogP contribution < -0.4 is 5.32 Å². The number of nitrogens with one attached hydrogen (secondary N) is 1. The van der Waals surface area contributed by atoms with E-state index >= 15 is 0 Å². The van der Waals surface area contributed by atoms with Gasteiger partial charge in [-0.2, -0.15) is 0 Å². The highest BCUT2D eigenvalue weighted by molar-refractivity contribution is 5.93. The van der Waals surface area contributed by atoms with Gasteiger partial charge in [-0.1, -0.05) is 33.6 Å². The maximum absolute atomic E-state index is 13.0. The first kappa shape index (κ1) is 15.3. The molecule has 4 heteroatoms. The van der Waals surface area contributed by atoms with Crippen molar-refractivity contribution < 1.29 is 9.59 Å². The summed E-state index contributed by atoms with van der Waals surface area (Å²) < 4.78 is 0. The molecule has 4 nitrogen and oxygen atoms in total. The predicted molar refractivity (Wildman–Crippen MR) is 79.2 cm³/mol. The van der Waals surface area contributed by atoms with Gasteiger partial charge in [0.15, 0.2) is 0 Å². The average Bonchev–Trinajstić information content (AvgIpc) is 2.56. The van der Waals surface area contributed by atoms with Crippen LogP contribution >= 0.6 is 0 Å². The molecule has 20 heavy (non-hydrogen) atoms. The van der Waals surface area contributed by atoms with Crippen LogP contribution in [0.3, 0.4) is 0 Å². The summed E-state index contributed by atoms with van der Waals surface area (Å²) in [5.41, 5.74) is -0.672. The number of carbonyl (C=O) groups is 2. The zero-order chi connectivity index (χ0) is 14.8. The molecule has 0 aromatic rings. The van der Waals surface area contributed by atoms with Gasteiger partial charge < -0.3 is 10.2 Å². The summed E-state index contributed by atoms with van der Waals surface area (Å²) in [5.74, 6) is 0.854. The first-order valence-corrected chi connectivity index (χ1v) is 8.14. The summed E-state index contributed by atoms with van der Waals surface area (Å²) in [7, 11) is 0. The smallest absolute Gasteiger partial charge is 0.248 e. The molecule has 1 saturated carbocycles. The number of amides is 2. The van der Waals surface area contributed by atoms with E-state index in [1.165, 1.54) is 12.8 Å². The van der Waals surface area contributed by atoms with Gasteiger partial charge in [-0.3, -0.25) is 9.59 Å². The fraction of sp³-hybridized carbons (Fsp3) is 0.875. The Kier molecular flexibility index (Phi) is 4.71. The molecular weight excluding hydrogens is 252 g/mol. The third-order valence-corrected chi connectivity index (χ3v) is 5.19. The topological polar surface area (TPSA) is 49.4 Å². The quantitative estimate of drug-likeness (QED) is 0.863. The van der Waals surface area contributed by atoms with E-state index in [0.717, 1.165) is 12.8 Å². The lowest BCUT2D eigenvalue weighted by atomic mass is 9.84. The molecule has 0 aromatic carbocycles. The van der Waals surface area contributed by atoms with Crippen LogP contribution in [0.15, 0.2) is 0 Å². The van der Waals surface area contributed by atoms with Crippen molar-refractivity contribution in [1.29, 1.82) is 0 Å². The van der Waals surface area contributed by atoms with Crippen LogP contribution in [0, 0.1) is 5.92 Å². The largest absolute Gasteiger partial charge is 0.342 e. The van der Waals surface area contributed by atoms with Crippen LogP contribution in [0.5, 0.6) is 0 Å². The molecule has 2 amide bonds. The Morgan fingerprint density at radius 3 is 2.55 bits per heavy atom. The Morgan fingerprint density at radius 2 is 1.95 bits per heavy atom. The molecule has 0 spiro atoms. The van der Waals surface area contributed by atoms with Crippen molar-refractivity contribution in [3.63, 3.8) is 0 Å². The lowest BCUT2D eigenvalue weighted by Crippen LogP contribution is -2.58. The second-order valence-corrected chi connectivity index (χ2v) is 6.51. The summed E-state index contributed by atoms with van der Waals surface area (Å²) >= 11 is 0. The van der Waals surface area contributed by atoms with Crippen molar-refractivity contribution in [2.24, 2.45) is 5.92 Å². The monoisotopic (exact) mass is 280 g/mol. The van der Waals surface area contributed by atoms with E-state index in [1.54, 1.807) is 0 Å². The number of nitrogens with zero attached hydrogens (tertiary/aromatic N) is 1. The molecule has 1 aliphatic heterocycles. The highest BCUT2D eigenvalue weighted by atomic mass is 16.2. The standard InChI is InChI=1S/C16H28N2O2/c1-4-16(5-2)15(20)18(10-9-14(19)17-16)13-8-6-7-12(3)11-13/h12-13H,4-11H2,1-3H3,(H,17,19). The van der Waals surface area contributed by atoms with Crippen molar-refractivity contribution in [3.8, 4) is 0 Å². The molecule has 1 heterocycles. The molecule has 1 saturated heterocycles. The third kappa shape index (κ3) is 2.84. The summed E-state index contributed by atoms with van der Waals surface area (Å²) in [6.45, 7) is 6.85. The molecule has 0 bridgehead atoms. The minimum atomic E-state index is -0.672. The highest BCUT2D eigenvalue weighted by Gasteiger charge is 2.44. The number of hydrogen-bond donors (Lipinski definition) is 1. The Hall–Kier alpha value is -1.06. The highest BCUT2D eigenvalue weighted by Crippen LogP contribution is 2.31. The molecular formula is C16H28N2O2. The molecule has 0 radical (unpaired) electrons. The first-order valence-electron chi connectivity index (χ1n) is 8.14. The van der Waals surface area contributed by atoms with E-state index in [1.807, 2.05) is 18.7 Å². The van der Waals surface area contributed by atoms with Crippen LogP contribution in [0.2, 0.25) is 0 Å². The normalized spacial score (nSPS) is 30.9. The van der Waals surface area contributed by atoms with Crippen molar-refractivity contribution >= 4 is 11.8 Å². The van der Waals surface area contributed by atoms with Crippen molar-refractivity contribution in [2.75, 3.05) is 6.54 Å². The van der Waals surface area contributed by atoms with E-state index in [2.05, 4.69) is 12.2 Å². The molecule has 2 fully saturated rings. The minimum Gasteiger partial charge on any atom is -0.342 e. The SMILES string of the molecule is CCC1(CC)NC(=O)CCN(C2CCCC(C)C2)C1=O. The fourth-order valence-electron chi connectivity index (χ4n) is 3.74. The lowest BCUT2D eigenvalue weighted by Gasteiger charge is -2.40. The van der Waals surface area contributed by atoms with E-state index in [-0.39, 0.29) is 11.8 Å². The third-order valence-electron chi connectivity index (χ3n) is 5.19. The Morgan fingerprint density at radius 1 is 1.25 bits per heavy atom. The molecule has 2 atom stereocenters. The summed E-state index contributed by atoms with van der Waals surface area (Å²) in [5, 5.41) is 2.99. The maximum Gasteiger partial charge on any atom is 0.248 e. The maximum atomic E-state index is 13.0. The van der Waals surface area contributed by atoms with Crippen LogP contribution in [0.25, 0.3) is 0 Å². The van der Waals surface area contributed by atoms with Gasteiger partial charge in [0.2, 0.25) is 11.8 Å².